The number of rotatable bonds is 12. The van der Waals surface area contributed by atoms with Crippen molar-refractivity contribution in [2.45, 2.75) is 72.3 Å². The van der Waals surface area contributed by atoms with Crippen LogP contribution >= 0.6 is 11.3 Å². The second-order valence-electron chi connectivity index (χ2n) is 12.8. The molecule has 2 aromatic heterocycles. The number of likely N-dealkylation sites (tertiary alicyclic amines) is 1. The average Bonchev–Trinajstić information content (AvgIpc) is 3.81. The molecule has 1 amide bonds. The molecule has 1 saturated heterocycles. The van der Waals surface area contributed by atoms with Crippen LogP contribution in [0.25, 0.3) is 10.4 Å². The second kappa shape index (κ2) is 16.8. The predicted molar refractivity (Wildman–Crippen MR) is 191 cm³/mol. The van der Waals surface area contributed by atoms with Crippen LogP contribution in [0.5, 0.6) is 5.75 Å². The maximum Gasteiger partial charge on any atom is 0.410 e. The SMILES string of the molecule is CCOC(=O)c1c(COc2ccc(F)cc2)nc([C@@H]2CCCN2C(=O)OC(C)(C)C)c(C(=O)OCC)c1-c1ccc(C(=O)OCc2ccccc2)s1. The monoisotopic (exact) mass is 732 g/mol. The molecular weight excluding hydrogens is 691 g/mol. The topological polar surface area (TPSA) is 131 Å². The van der Waals surface area contributed by atoms with Crippen LogP contribution < -0.4 is 4.74 Å². The molecule has 0 unspecified atom stereocenters. The number of aromatic nitrogens is 1. The number of hydrogen-bond acceptors (Lipinski definition) is 11. The summed E-state index contributed by atoms with van der Waals surface area (Å²) in [5.41, 5.74) is 0.255. The highest BCUT2D eigenvalue weighted by molar-refractivity contribution is 7.17. The molecule has 5 rings (SSSR count). The molecule has 2 aromatic carbocycles. The van der Waals surface area contributed by atoms with Gasteiger partial charge in [-0.1, -0.05) is 30.3 Å². The lowest BCUT2D eigenvalue weighted by atomic mass is 9.93. The summed E-state index contributed by atoms with van der Waals surface area (Å²) in [4.78, 5) is 61.7. The Morgan fingerprint density at radius 2 is 1.52 bits per heavy atom. The first-order valence-corrected chi connectivity index (χ1v) is 17.8. The fourth-order valence-corrected chi connectivity index (χ4v) is 6.69. The van der Waals surface area contributed by atoms with Crippen molar-refractivity contribution in [2.24, 2.45) is 0 Å². The van der Waals surface area contributed by atoms with Gasteiger partial charge in [0.2, 0.25) is 0 Å². The van der Waals surface area contributed by atoms with Crippen molar-refractivity contribution in [1.82, 2.24) is 9.88 Å². The van der Waals surface area contributed by atoms with Crippen molar-refractivity contribution in [3.63, 3.8) is 0 Å². The minimum absolute atomic E-state index is 0.00354. The number of esters is 3. The Kier molecular flexibility index (Phi) is 12.3. The zero-order valence-electron chi connectivity index (χ0n) is 29.7. The molecule has 3 heterocycles. The first-order valence-electron chi connectivity index (χ1n) is 17.0. The van der Waals surface area contributed by atoms with Crippen molar-refractivity contribution >= 4 is 35.3 Å². The first-order chi connectivity index (χ1) is 24.9. The van der Waals surface area contributed by atoms with Crippen LogP contribution in [-0.4, -0.2) is 59.2 Å². The van der Waals surface area contributed by atoms with Gasteiger partial charge in [-0.3, -0.25) is 9.88 Å². The summed E-state index contributed by atoms with van der Waals surface area (Å²) in [5, 5.41) is 0. The average molecular weight is 733 g/mol. The molecular formula is C39H41FN2O9S. The highest BCUT2D eigenvalue weighted by atomic mass is 32.1. The summed E-state index contributed by atoms with van der Waals surface area (Å²) in [5.74, 6) is -2.34. The lowest BCUT2D eigenvalue weighted by Gasteiger charge is -2.30. The standard InChI is InChI=1S/C39H41FN2O9S/c1-6-47-36(44)31-27(23-49-26-17-15-25(40)16-18-26)41-34(28-14-11-21-42(28)38(46)51-39(3,4)5)33(37(45)48-7-2)32(31)29-19-20-30(52-29)35(43)50-22-24-12-9-8-10-13-24/h8-10,12-13,15-20,28H,6-7,11,14,21-23H2,1-5H3/t28-/m0/s1. The van der Waals surface area contributed by atoms with Crippen LogP contribution in [0.1, 0.15) is 101 Å². The zero-order valence-corrected chi connectivity index (χ0v) is 30.5. The van der Waals surface area contributed by atoms with Gasteiger partial charge in [-0.05, 0) is 89.4 Å². The molecule has 0 bridgehead atoms. The van der Waals surface area contributed by atoms with Crippen molar-refractivity contribution in [3.05, 3.63) is 106 Å². The molecule has 1 atom stereocenters. The molecule has 0 saturated carbocycles. The molecule has 13 heteroatoms. The molecule has 1 aliphatic heterocycles. The predicted octanol–water partition coefficient (Wildman–Crippen LogP) is 8.31. The Labute approximate surface area is 305 Å². The number of carbonyl (C=O) groups is 4. The Hall–Kier alpha value is -5.30. The molecule has 11 nitrogen and oxygen atoms in total. The number of benzene rings is 2. The molecule has 52 heavy (non-hydrogen) atoms. The van der Waals surface area contributed by atoms with Gasteiger partial charge < -0.3 is 23.7 Å². The normalized spacial score (nSPS) is 14.1. The van der Waals surface area contributed by atoms with Crippen molar-refractivity contribution in [2.75, 3.05) is 19.8 Å². The van der Waals surface area contributed by atoms with Crippen molar-refractivity contribution < 1.29 is 47.3 Å². The van der Waals surface area contributed by atoms with E-state index in [4.69, 9.17) is 28.7 Å². The van der Waals surface area contributed by atoms with Crippen LogP contribution in [0.15, 0.2) is 66.7 Å². The number of carbonyl (C=O) groups excluding carboxylic acids is 4. The molecule has 0 N–H and O–H groups in total. The van der Waals surface area contributed by atoms with E-state index in [0.29, 0.717) is 30.0 Å². The van der Waals surface area contributed by atoms with E-state index in [-0.39, 0.29) is 59.4 Å². The maximum absolute atomic E-state index is 14.1. The van der Waals surface area contributed by atoms with Gasteiger partial charge in [-0.2, -0.15) is 0 Å². The Bertz CT molecular complexity index is 1910. The van der Waals surface area contributed by atoms with Gasteiger partial charge in [0.15, 0.2) is 0 Å². The van der Waals surface area contributed by atoms with Crippen molar-refractivity contribution in [1.29, 1.82) is 0 Å². The largest absolute Gasteiger partial charge is 0.487 e. The first kappa shape index (κ1) is 37.9. The lowest BCUT2D eigenvalue weighted by Crippen LogP contribution is -2.37. The molecule has 0 spiro atoms. The number of halogens is 1. The molecule has 1 fully saturated rings. The molecule has 0 aliphatic carbocycles. The van der Waals surface area contributed by atoms with Gasteiger partial charge in [0.05, 0.1) is 41.8 Å². The van der Waals surface area contributed by atoms with E-state index in [1.165, 1.54) is 29.2 Å². The maximum atomic E-state index is 14.1. The summed E-state index contributed by atoms with van der Waals surface area (Å²) in [6, 6.07) is 17.0. The van der Waals surface area contributed by atoms with Crippen LogP contribution in [0.4, 0.5) is 9.18 Å². The Morgan fingerprint density at radius 3 is 2.17 bits per heavy atom. The summed E-state index contributed by atoms with van der Waals surface area (Å²) in [6.07, 6.45) is 0.420. The fourth-order valence-electron chi connectivity index (χ4n) is 5.73. The summed E-state index contributed by atoms with van der Waals surface area (Å²) >= 11 is 1.01. The third-order valence-electron chi connectivity index (χ3n) is 7.91. The molecule has 0 radical (unpaired) electrons. The van der Waals surface area contributed by atoms with Gasteiger partial charge >= 0.3 is 24.0 Å². The molecule has 274 valence electrons. The van der Waals surface area contributed by atoms with Crippen LogP contribution in [0.2, 0.25) is 0 Å². The third-order valence-corrected chi connectivity index (χ3v) is 8.99. The highest BCUT2D eigenvalue weighted by Gasteiger charge is 2.40. The summed E-state index contributed by atoms with van der Waals surface area (Å²) in [6.45, 7) is 8.66. The summed E-state index contributed by atoms with van der Waals surface area (Å²) in [7, 11) is 0. The van der Waals surface area contributed by atoms with Crippen LogP contribution in [0.3, 0.4) is 0 Å². The number of thiophene rings is 1. The number of amides is 1. The van der Waals surface area contributed by atoms with E-state index in [2.05, 4.69) is 0 Å². The Balaban J connectivity index is 1.70. The number of nitrogens with zero attached hydrogens (tertiary/aromatic N) is 2. The van der Waals surface area contributed by atoms with E-state index in [1.807, 2.05) is 30.3 Å². The Morgan fingerprint density at radius 1 is 0.846 bits per heavy atom. The van der Waals surface area contributed by atoms with Crippen LogP contribution in [0, 0.1) is 5.82 Å². The van der Waals surface area contributed by atoms with Gasteiger partial charge in [0.25, 0.3) is 0 Å². The van der Waals surface area contributed by atoms with E-state index in [1.54, 1.807) is 46.8 Å². The van der Waals surface area contributed by atoms with Crippen LogP contribution in [-0.2, 0) is 32.2 Å². The van der Waals surface area contributed by atoms with E-state index in [0.717, 1.165) is 16.9 Å². The van der Waals surface area contributed by atoms with Gasteiger partial charge in [-0.15, -0.1) is 11.3 Å². The van der Waals surface area contributed by atoms with Gasteiger partial charge in [0.1, 0.15) is 35.3 Å². The quantitative estimate of drug-likeness (QED) is 0.104. The molecule has 4 aromatic rings. The number of ether oxygens (including phenoxy) is 5. The number of hydrogen-bond donors (Lipinski definition) is 0. The minimum Gasteiger partial charge on any atom is -0.487 e. The highest BCUT2D eigenvalue weighted by Crippen LogP contribution is 2.42. The van der Waals surface area contributed by atoms with E-state index >= 15 is 0 Å². The van der Waals surface area contributed by atoms with Crippen molar-refractivity contribution in [3.8, 4) is 16.2 Å². The lowest BCUT2D eigenvalue weighted by molar-refractivity contribution is 0.0216. The molecule has 1 aliphatic rings. The summed E-state index contributed by atoms with van der Waals surface area (Å²) < 4.78 is 42.1. The number of pyridine rings is 1. The minimum atomic E-state index is -0.795. The smallest absolute Gasteiger partial charge is 0.410 e. The zero-order chi connectivity index (χ0) is 37.4. The third kappa shape index (κ3) is 9.13. The fraction of sp³-hybridized carbons (Fsp3) is 0.359. The van der Waals surface area contributed by atoms with E-state index in [9.17, 15) is 23.6 Å². The van der Waals surface area contributed by atoms with Gasteiger partial charge in [-0.25, -0.2) is 23.6 Å². The van der Waals surface area contributed by atoms with Gasteiger partial charge in [0, 0.05) is 17.0 Å². The van der Waals surface area contributed by atoms with E-state index < -0.39 is 41.5 Å². The second-order valence-corrected chi connectivity index (χ2v) is 13.9.